The van der Waals surface area contributed by atoms with Gasteiger partial charge in [-0.25, -0.2) is 8.42 Å². The predicted octanol–water partition coefficient (Wildman–Crippen LogP) is 3.91. The average Bonchev–Trinajstić information content (AvgIpc) is 3.11. The fourth-order valence-corrected chi connectivity index (χ4v) is 4.63. The number of carbonyl (C=O) groups excluding carboxylic acids is 1. The van der Waals surface area contributed by atoms with E-state index >= 15 is 0 Å². The maximum atomic E-state index is 13.5. The molecule has 0 fully saturated rings. The molecule has 7 nitrogen and oxygen atoms in total. The molecule has 0 saturated carbocycles. The summed E-state index contributed by atoms with van der Waals surface area (Å²) in [5, 5.41) is 4.21. The van der Waals surface area contributed by atoms with E-state index in [9.17, 15) is 26.4 Å². The van der Waals surface area contributed by atoms with Crippen LogP contribution in [0.25, 0.3) is 5.57 Å². The minimum atomic E-state index is -4.65. The molecule has 0 unspecified atom stereocenters. The molecule has 1 atom stereocenters. The van der Waals surface area contributed by atoms with Gasteiger partial charge in [-0.1, -0.05) is 12.2 Å². The van der Waals surface area contributed by atoms with E-state index in [0.29, 0.717) is 36.1 Å². The lowest BCUT2D eigenvalue weighted by molar-refractivity contribution is -0.144. The van der Waals surface area contributed by atoms with Crippen molar-refractivity contribution in [2.24, 2.45) is 0 Å². The van der Waals surface area contributed by atoms with Crippen molar-refractivity contribution in [3.63, 3.8) is 0 Å². The Bertz CT molecular complexity index is 1100. The number of thiol groups is 1. The summed E-state index contributed by atoms with van der Waals surface area (Å²) in [6.45, 7) is 7.03. The van der Waals surface area contributed by atoms with Gasteiger partial charge in [0.05, 0.1) is 30.1 Å². The molecule has 1 aliphatic carbocycles. The molecular formula is C21H24F3N3O4S. The summed E-state index contributed by atoms with van der Waals surface area (Å²) in [5.74, 6) is -0.476. The summed E-state index contributed by atoms with van der Waals surface area (Å²) in [6.07, 6.45) is -1.63. The summed E-state index contributed by atoms with van der Waals surface area (Å²) >= 11 is 0. The number of benzene rings is 1. The maximum absolute atomic E-state index is 13.5. The lowest BCUT2D eigenvalue weighted by Gasteiger charge is -2.32. The van der Waals surface area contributed by atoms with Crippen molar-refractivity contribution in [1.29, 1.82) is 0 Å². The Morgan fingerprint density at radius 2 is 2.06 bits per heavy atom. The molecule has 0 saturated heterocycles. The van der Waals surface area contributed by atoms with Crippen LogP contribution in [-0.2, 0) is 39.6 Å². The first-order valence-electron chi connectivity index (χ1n) is 10.0. The van der Waals surface area contributed by atoms with Gasteiger partial charge in [0.25, 0.3) is 0 Å². The van der Waals surface area contributed by atoms with Crippen molar-refractivity contribution < 1.29 is 31.1 Å². The van der Waals surface area contributed by atoms with Gasteiger partial charge in [0.2, 0.25) is 10.9 Å². The fourth-order valence-electron chi connectivity index (χ4n) is 3.86. The van der Waals surface area contributed by atoms with Crippen molar-refractivity contribution in [1.82, 2.24) is 9.78 Å². The minimum absolute atomic E-state index is 0.0927. The fraction of sp³-hybridized carbons (Fsp3) is 0.429. The average molecular weight is 472 g/mol. The van der Waals surface area contributed by atoms with Crippen LogP contribution in [0.15, 0.2) is 31.0 Å². The molecule has 1 aromatic carbocycles. The summed E-state index contributed by atoms with van der Waals surface area (Å²) in [6, 6.07) is 2.43. The molecule has 1 heterocycles. The zero-order valence-corrected chi connectivity index (χ0v) is 18.6. The lowest BCUT2D eigenvalue weighted by atomic mass is 9.92. The van der Waals surface area contributed by atoms with E-state index in [2.05, 4.69) is 11.7 Å². The van der Waals surface area contributed by atoms with Crippen LogP contribution in [0.4, 0.5) is 18.9 Å². The third-order valence-corrected chi connectivity index (χ3v) is 6.15. The van der Waals surface area contributed by atoms with Crippen molar-refractivity contribution in [3.8, 4) is 0 Å². The van der Waals surface area contributed by atoms with Crippen LogP contribution in [-0.4, -0.2) is 30.8 Å². The largest absolute Gasteiger partial charge is 0.465 e. The van der Waals surface area contributed by atoms with Crippen molar-refractivity contribution in [2.45, 2.75) is 51.9 Å². The van der Waals surface area contributed by atoms with Crippen LogP contribution in [0, 0.1) is 0 Å². The molecular weight excluding hydrogens is 447 g/mol. The molecule has 174 valence electrons. The minimum Gasteiger partial charge on any atom is -0.465 e. The molecule has 0 aliphatic heterocycles. The van der Waals surface area contributed by atoms with Crippen molar-refractivity contribution >= 4 is 28.1 Å². The number of esters is 1. The molecule has 11 heteroatoms. The highest BCUT2D eigenvalue weighted by molar-refractivity contribution is 7.74. The van der Waals surface area contributed by atoms with Gasteiger partial charge in [0.1, 0.15) is 6.54 Å². The van der Waals surface area contributed by atoms with Crippen LogP contribution in [0.2, 0.25) is 0 Å². The van der Waals surface area contributed by atoms with Crippen LogP contribution in [0.1, 0.15) is 55.1 Å². The molecule has 1 aliphatic rings. The van der Waals surface area contributed by atoms with Crippen LogP contribution in [0.5, 0.6) is 0 Å². The van der Waals surface area contributed by atoms with Gasteiger partial charge in [-0.2, -0.15) is 18.3 Å². The van der Waals surface area contributed by atoms with E-state index in [-0.39, 0.29) is 24.4 Å². The number of ether oxygens (including phenoxy) is 1. The lowest BCUT2D eigenvalue weighted by Crippen LogP contribution is -2.31. The second-order valence-electron chi connectivity index (χ2n) is 7.55. The number of alkyl halides is 3. The number of anilines is 1. The Labute approximate surface area is 185 Å². The highest BCUT2D eigenvalue weighted by atomic mass is 32.2. The molecule has 0 bridgehead atoms. The molecule has 0 N–H and O–H groups in total. The number of hydrogen-bond acceptors (Lipinski definition) is 5. The van der Waals surface area contributed by atoms with Gasteiger partial charge in [-0.3, -0.25) is 13.8 Å². The van der Waals surface area contributed by atoms with Crippen LogP contribution >= 0.6 is 0 Å². The number of rotatable bonds is 7. The van der Waals surface area contributed by atoms with Gasteiger partial charge < -0.3 is 4.74 Å². The van der Waals surface area contributed by atoms with Gasteiger partial charge in [-0.05, 0) is 56.9 Å². The third kappa shape index (κ3) is 4.98. The molecule has 2 aromatic rings. The summed E-state index contributed by atoms with van der Waals surface area (Å²) in [4.78, 5) is 11.9. The Balaban J connectivity index is 2.07. The number of allylic oxidation sites excluding steroid dienone is 1. The van der Waals surface area contributed by atoms with Crippen molar-refractivity contribution in [2.75, 3.05) is 10.9 Å². The quantitative estimate of drug-likeness (QED) is 0.489. The number of aromatic nitrogens is 2. The first kappa shape index (κ1) is 23.8. The smallest absolute Gasteiger partial charge is 0.416 e. The number of nitrogens with zero attached hydrogens (tertiary/aromatic N) is 3. The molecule has 32 heavy (non-hydrogen) atoms. The second kappa shape index (κ2) is 9.35. The Hall–Kier alpha value is -2.82. The highest BCUT2D eigenvalue weighted by Crippen LogP contribution is 2.40. The van der Waals surface area contributed by atoms with Gasteiger partial charge in [0.15, 0.2) is 0 Å². The standard InChI is InChI=1S/C21H24F3N3O4S/c1-4-31-20(28)12-26-18-6-5-7-19(17(18)11-25-26)27(32(29)30)16-9-14(13(2)3)8-15(10-16)21(22,23)24/h8-11,19,32H,2,4-7,12H2,1,3H3/t19-/m1/s1. The Morgan fingerprint density at radius 1 is 1.34 bits per heavy atom. The van der Waals surface area contributed by atoms with Crippen LogP contribution in [0.3, 0.4) is 0 Å². The Morgan fingerprint density at radius 3 is 2.66 bits per heavy atom. The highest BCUT2D eigenvalue weighted by Gasteiger charge is 2.35. The van der Waals surface area contributed by atoms with Gasteiger partial charge >= 0.3 is 12.1 Å². The zero-order valence-electron chi connectivity index (χ0n) is 17.7. The third-order valence-electron chi connectivity index (χ3n) is 5.29. The van der Waals surface area contributed by atoms with E-state index in [1.165, 1.54) is 16.9 Å². The normalized spacial score (nSPS) is 16.0. The summed E-state index contributed by atoms with van der Waals surface area (Å²) in [5.41, 5.74) is 0.766. The SMILES string of the molecule is C=C(C)c1cc(N([C@@H]2CCCc3c2cnn3CC(=O)OCC)[SH](=O)=O)cc(C(F)(F)F)c1. The predicted molar refractivity (Wildman–Crippen MR) is 113 cm³/mol. The monoisotopic (exact) mass is 471 g/mol. The van der Waals surface area contributed by atoms with Gasteiger partial charge in [0, 0.05) is 11.3 Å². The molecule has 0 spiro atoms. The topological polar surface area (TPSA) is 81.5 Å². The number of halogens is 3. The molecule has 0 radical (unpaired) electrons. The van der Waals surface area contributed by atoms with Crippen LogP contribution < -0.4 is 4.31 Å². The summed E-state index contributed by atoms with van der Waals surface area (Å²) in [7, 11) is -3.27. The first-order chi connectivity index (χ1) is 15.0. The summed E-state index contributed by atoms with van der Waals surface area (Å²) < 4.78 is 72.4. The van der Waals surface area contributed by atoms with E-state index in [0.717, 1.165) is 16.4 Å². The maximum Gasteiger partial charge on any atom is 0.416 e. The van der Waals surface area contributed by atoms with Gasteiger partial charge in [-0.15, -0.1) is 0 Å². The van der Waals surface area contributed by atoms with E-state index < -0.39 is 34.6 Å². The van der Waals surface area contributed by atoms with E-state index in [1.54, 1.807) is 13.8 Å². The first-order valence-corrected chi connectivity index (χ1v) is 11.2. The second-order valence-corrected chi connectivity index (χ2v) is 8.45. The number of hydrogen-bond donors (Lipinski definition) is 1. The van der Waals surface area contributed by atoms with E-state index in [4.69, 9.17) is 4.74 Å². The number of carbonyl (C=O) groups is 1. The number of fused-ring (bicyclic) bond motifs is 1. The zero-order chi connectivity index (χ0) is 23.6. The van der Waals surface area contributed by atoms with E-state index in [1.807, 2.05) is 0 Å². The molecule has 1 aromatic heterocycles. The van der Waals surface area contributed by atoms with Crippen molar-refractivity contribution in [3.05, 3.63) is 53.4 Å². The molecule has 3 rings (SSSR count). The molecule has 0 amide bonds. The Kier molecular flexibility index (Phi) is 6.97.